The molecular weight excluding hydrogens is 409 g/mol. The Hall–Kier alpha value is -1.41. The number of esters is 1. The van der Waals surface area contributed by atoms with Crippen LogP contribution in [0.2, 0.25) is 5.02 Å². The molecule has 0 saturated heterocycles. The van der Waals surface area contributed by atoms with Gasteiger partial charge in [-0.3, -0.25) is 4.79 Å². The van der Waals surface area contributed by atoms with Crippen molar-refractivity contribution in [1.82, 2.24) is 0 Å². The molecule has 0 N–H and O–H groups in total. The smallest absolute Gasteiger partial charge is 0.426 e. The number of hydrogen-bond acceptors (Lipinski definition) is 2. The molecule has 0 spiro atoms. The topological polar surface area (TPSA) is 26.3 Å². The minimum absolute atomic E-state index is 0.243. The van der Waals surface area contributed by atoms with Crippen molar-refractivity contribution >= 4 is 29.2 Å². The fourth-order valence-electron chi connectivity index (χ4n) is 2.67. The molecule has 0 radical (unpaired) electrons. The molecule has 0 amide bonds. The normalized spacial score (nSPS) is 22.3. The third-order valence-electron chi connectivity index (χ3n) is 4.32. The van der Waals surface area contributed by atoms with Crippen LogP contribution in [0.25, 0.3) is 0 Å². The summed E-state index contributed by atoms with van der Waals surface area (Å²) in [6.07, 6.45) is -4.03. The van der Waals surface area contributed by atoms with Gasteiger partial charge in [0.15, 0.2) is 11.6 Å². The van der Waals surface area contributed by atoms with Crippen LogP contribution in [0.1, 0.15) is 19.4 Å². The van der Waals surface area contributed by atoms with Crippen LogP contribution in [0.5, 0.6) is 0 Å². The highest BCUT2D eigenvalue weighted by Gasteiger charge is 2.62. The van der Waals surface area contributed by atoms with E-state index in [9.17, 15) is 31.1 Å². The lowest BCUT2D eigenvalue weighted by Crippen LogP contribution is -2.12. The third kappa shape index (κ3) is 3.96. The predicted molar refractivity (Wildman–Crippen MR) is 81.9 cm³/mol. The van der Waals surface area contributed by atoms with E-state index in [4.69, 9.17) is 27.9 Å². The number of alkyl halides is 3. The Bertz CT molecular complexity index is 747. The summed E-state index contributed by atoms with van der Waals surface area (Å²) in [7, 11) is 0. The predicted octanol–water partition coefficient (Wildman–Crippen LogP) is 5.76. The summed E-state index contributed by atoms with van der Waals surface area (Å²) in [4.78, 5) is 12.1. The number of hydrogen-bond donors (Lipinski definition) is 0. The summed E-state index contributed by atoms with van der Waals surface area (Å²) >= 11 is 10.7. The van der Waals surface area contributed by atoms with Gasteiger partial charge >= 0.3 is 12.1 Å². The van der Waals surface area contributed by atoms with Crippen LogP contribution in [-0.4, -0.2) is 12.1 Å². The van der Waals surface area contributed by atoms with E-state index in [0.717, 1.165) is 0 Å². The van der Waals surface area contributed by atoms with Gasteiger partial charge in [-0.2, -0.15) is 13.2 Å². The van der Waals surface area contributed by atoms with Gasteiger partial charge in [-0.1, -0.05) is 43.1 Å². The molecule has 0 aliphatic heterocycles. The van der Waals surface area contributed by atoms with Crippen LogP contribution in [0, 0.1) is 34.7 Å². The first-order chi connectivity index (χ1) is 11.8. The summed E-state index contributed by atoms with van der Waals surface area (Å²) in [5, 5.41) is -2.12. The van der Waals surface area contributed by atoms with E-state index in [1.807, 2.05) is 0 Å². The maximum absolute atomic E-state index is 13.7. The summed E-state index contributed by atoms with van der Waals surface area (Å²) < 4.78 is 82.6. The van der Waals surface area contributed by atoms with Crippen LogP contribution in [0.3, 0.4) is 0 Å². The number of allylic oxidation sites excluding steroid dienone is 2. The first-order valence-corrected chi connectivity index (χ1v) is 7.97. The molecule has 0 bridgehead atoms. The number of carbonyl (C=O) groups is 1. The van der Waals surface area contributed by atoms with Crippen molar-refractivity contribution in [3.8, 4) is 0 Å². The van der Waals surface area contributed by atoms with Crippen LogP contribution >= 0.6 is 23.2 Å². The molecule has 1 fully saturated rings. The molecule has 1 saturated carbocycles. The van der Waals surface area contributed by atoms with E-state index < -0.39 is 69.1 Å². The van der Waals surface area contributed by atoms with Crippen LogP contribution < -0.4 is 0 Å². The Labute approximate surface area is 154 Å². The number of rotatable bonds is 4. The van der Waals surface area contributed by atoms with Crippen LogP contribution in [0.15, 0.2) is 17.2 Å². The zero-order chi connectivity index (χ0) is 20.0. The molecule has 1 aromatic carbocycles. The van der Waals surface area contributed by atoms with Crippen LogP contribution in [-0.2, 0) is 16.1 Å². The van der Waals surface area contributed by atoms with Gasteiger partial charge in [-0.25, -0.2) is 13.2 Å². The van der Waals surface area contributed by atoms with Gasteiger partial charge in [0.1, 0.15) is 17.5 Å². The molecule has 2 nitrogen and oxygen atoms in total. The van der Waals surface area contributed by atoms with Gasteiger partial charge in [0.05, 0.1) is 10.9 Å². The molecule has 0 heterocycles. The lowest BCUT2D eigenvalue weighted by molar-refractivity contribution is -0.147. The van der Waals surface area contributed by atoms with E-state index in [1.54, 1.807) is 0 Å². The van der Waals surface area contributed by atoms with Gasteiger partial charge in [0.25, 0.3) is 0 Å². The Morgan fingerprint density at radius 1 is 1.27 bits per heavy atom. The average Bonchev–Trinajstić information content (AvgIpc) is 3.04. The van der Waals surface area contributed by atoms with Crippen molar-refractivity contribution < 1.29 is 35.9 Å². The van der Waals surface area contributed by atoms with Gasteiger partial charge in [-0.05, 0) is 11.3 Å². The largest absolute Gasteiger partial charge is 0.460 e. The Kier molecular flexibility index (Phi) is 5.59. The summed E-state index contributed by atoms with van der Waals surface area (Å²) in [6, 6.07) is 0.243. The lowest BCUT2D eigenvalue weighted by Gasteiger charge is -2.09. The fourth-order valence-corrected chi connectivity index (χ4v) is 3.00. The van der Waals surface area contributed by atoms with E-state index in [-0.39, 0.29) is 6.07 Å². The second kappa shape index (κ2) is 6.96. The molecule has 0 unspecified atom stereocenters. The highest BCUT2D eigenvalue weighted by atomic mass is 35.5. The van der Waals surface area contributed by atoms with Crippen LogP contribution in [0.4, 0.5) is 26.3 Å². The molecule has 2 rings (SSSR count). The first kappa shape index (κ1) is 20.9. The quantitative estimate of drug-likeness (QED) is 0.351. The van der Waals surface area contributed by atoms with E-state index in [2.05, 4.69) is 0 Å². The summed E-state index contributed by atoms with van der Waals surface area (Å²) in [6.45, 7) is 2.18. The fraction of sp³-hybridized carbons (Fsp3) is 0.438. The zero-order valence-electron chi connectivity index (χ0n) is 13.4. The first-order valence-electron chi connectivity index (χ1n) is 7.21. The third-order valence-corrected chi connectivity index (χ3v) is 5.07. The standard InChI is InChI=1S/C16H12Cl2F6O2/c1-15(2)7(3-10(17)16(22,23)24)11(15)14(25)26-5-6-12(18)8(19)4-9(20)13(6)21/h3-4,7,11H,5H2,1-2H3/b10-3-/t7-,11-/m0/s1. The molecule has 0 aromatic heterocycles. The molecule has 10 heteroatoms. The monoisotopic (exact) mass is 420 g/mol. The van der Waals surface area contributed by atoms with Gasteiger partial charge in [0, 0.05) is 11.6 Å². The average molecular weight is 421 g/mol. The minimum atomic E-state index is -4.75. The second-order valence-electron chi connectivity index (χ2n) is 6.39. The second-order valence-corrected chi connectivity index (χ2v) is 7.18. The van der Waals surface area contributed by atoms with Gasteiger partial charge in [-0.15, -0.1) is 0 Å². The van der Waals surface area contributed by atoms with E-state index >= 15 is 0 Å². The van der Waals surface area contributed by atoms with Crippen molar-refractivity contribution in [1.29, 1.82) is 0 Å². The number of carbonyl (C=O) groups excluding carboxylic acids is 1. The molecule has 1 aliphatic carbocycles. The minimum Gasteiger partial charge on any atom is -0.460 e. The van der Waals surface area contributed by atoms with Crippen molar-refractivity contribution in [3.05, 3.63) is 45.2 Å². The van der Waals surface area contributed by atoms with E-state index in [1.165, 1.54) is 13.8 Å². The molecule has 26 heavy (non-hydrogen) atoms. The Balaban J connectivity index is 2.13. The van der Waals surface area contributed by atoms with Gasteiger partial charge in [0.2, 0.25) is 0 Å². The Morgan fingerprint density at radius 2 is 1.85 bits per heavy atom. The highest BCUT2D eigenvalue weighted by Crippen LogP contribution is 2.60. The molecule has 2 atom stereocenters. The van der Waals surface area contributed by atoms with Crippen molar-refractivity contribution in [2.24, 2.45) is 17.3 Å². The highest BCUT2D eigenvalue weighted by molar-refractivity contribution is 6.31. The number of halogens is 8. The van der Waals surface area contributed by atoms with E-state index in [0.29, 0.717) is 6.08 Å². The van der Waals surface area contributed by atoms with Crippen molar-refractivity contribution in [2.45, 2.75) is 26.6 Å². The lowest BCUT2D eigenvalue weighted by atomic mass is 10.1. The molecule has 1 aromatic rings. The zero-order valence-corrected chi connectivity index (χ0v) is 14.9. The SMILES string of the molecule is CC1(C)[C@H](C(=O)OCc2c(F)c(F)cc(F)c2Cl)[C@@H]1/C=C(\Cl)C(F)(F)F. The maximum Gasteiger partial charge on any atom is 0.426 e. The van der Waals surface area contributed by atoms with Crippen molar-refractivity contribution in [3.63, 3.8) is 0 Å². The summed E-state index contributed by atoms with van der Waals surface area (Å²) in [5.41, 5.74) is -1.57. The molecular formula is C16H12Cl2F6O2. The number of benzene rings is 1. The molecule has 1 aliphatic rings. The maximum atomic E-state index is 13.7. The number of ether oxygens (including phenoxy) is 1. The Morgan fingerprint density at radius 3 is 2.38 bits per heavy atom. The molecule has 144 valence electrons. The van der Waals surface area contributed by atoms with Gasteiger partial charge < -0.3 is 4.74 Å². The van der Waals surface area contributed by atoms with Crippen molar-refractivity contribution in [2.75, 3.05) is 0 Å². The summed E-state index contributed by atoms with van der Waals surface area (Å²) in [5.74, 6) is -7.00.